The van der Waals surface area contributed by atoms with E-state index in [-0.39, 0.29) is 0 Å². The number of nitrogens with zero attached hydrogens (tertiary/aromatic N) is 2. The highest BCUT2D eigenvalue weighted by atomic mass is 15.0. The van der Waals surface area contributed by atoms with E-state index in [2.05, 4.69) is 54.6 Å². The molecule has 92 valence electrons. The molecule has 1 aromatic carbocycles. The van der Waals surface area contributed by atoms with E-state index in [0.29, 0.717) is 5.92 Å². The largest absolute Gasteiger partial charge is 0.339 e. The first kappa shape index (κ1) is 11.3. The Labute approximate surface area is 107 Å². The first-order valence-electron chi connectivity index (χ1n) is 6.60. The monoisotopic (exact) mass is 238 g/mol. The number of aryl methyl sites for hydroxylation is 1. The van der Waals surface area contributed by atoms with Crippen molar-refractivity contribution < 1.29 is 0 Å². The van der Waals surface area contributed by atoms with Crippen LogP contribution >= 0.6 is 0 Å². The Balaban J connectivity index is 2.56. The minimum absolute atomic E-state index is 0.520. The zero-order valence-electron chi connectivity index (χ0n) is 11.1. The van der Waals surface area contributed by atoms with Gasteiger partial charge in [-0.3, -0.25) is 4.98 Å². The number of fused-ring (bicyclic) bond motifs is 3. The van der Waals surface area contributed by atoms with Gasteiger partial charge in [0.1, 0.15) is 0 Å². The molecular weight excluding hydrogens is 220 g/mol. The molecule has 2 heteroatoms. The van der Waals surface area contributed by atoms with E-state index in [1.807, 2.05) is 12.3 Å². The van der Waals surface area contributed by atoms with Gasteiger partial charge in [-0.2, -0.15) is 0 Å². The predicted molar refractivity (Wildman–Crippen MR) is 77.0 cm³/mol. The molecule has 0 atom stereocenters. The van der Waals surface area contributed by atoms with E-state index in [4.69, 9.17) is 0 Å². The van der Waals surface area contributed by atoms with Crippen molar-refractivity contribution in [3.8, 4) is 0 Å². The summed E-state index contributed by atoms with van der Waals surface area (Å²) in [6.07, 6.45) is 1.89. The molecule has 2 aromatic heterocycles. The molecule has 0 aliphatic rings. The van der Waals surface area contributed by atoms with Crippen LogP contribution in [-0.4, -0.2) is 9.55 Å². The molecule has 0 saturated carbocycles. The highest BCUT2D eigenvalue weighted by Gasteiger charge is 2.14. The summed E-state index contributed by atoms with van der Waals surface area (Å²) < 4.78 is 2.35. The van der Waals surface area contributed by atoms with Crippen LogP contribution in [0.15, 0.2) is 36.5 Å². The second-order valence-corrected chi connectivity index (χ2v) is 5.01. The third-order valence-electron chi connectivity index (χ3n) is 3.62. The molecule has 3 rings (SSSR count). The van der Waals surface area contributed by atoms with Crippen LogP contribution in [0.1, 0.15) is 32.3 Å². The van der Waals surface area contributed by atoms with Gasteiger partial charge in [-0.15, -0.1) is 0 Å². The molecule has 2 nitrogen and oxygen atoms in total. The second-order valence-electron chi connectivity index (χ2n) is 5.01. The minimum atomic E-state index is 0.520. The van der Waals surface area contributed by atoms with Crippen molar-refractivity contribution in [2.75, 3.05) is 0 Å². The average molecular weight is 238 g/mol. The van der Waals surface area contributed by atoms with Gasteiger partial charge in [-0.25, -0.2) is 0 Å². The Morgan fingerprint density at radius 3 is 2.61 bits per heavy atom. The highest BCUT2D eigenvalue weighted by molar-refractivity contribution is 6.07. The second kappa shape index (κ2) is 4.13. The number of aromatic nitrogens is 2. The van der Waals surface area contributed by atoms with Gasteiger partial charge in [0.2, 0.25) is 0 Å². The van der Waals surface area contributed by atoms with Gasteiger partial charge in [-0.05, 0) is 36.6 Å². The summed E-state index contributed by atoms with van der Waals surface area (Å²) in [5, 5.41) is 1.32. The van der Waals surface area contributed by atoms with Gasteiger partial charge >= 0.3 is 0 Å². The first-order valence-corrected chi connectivity index (χ1v) is 6.60. The van der Waals surface area contributed by atoms with E-state index in [0.717, 1.165) is 12.1 Å². The Hall–Kier alpha value is -1.83. The molecule has 0 aliphatic heterocycles. The van der Waals surface area contributed by atoms with E-state index in [1.54, 1.807) is 0 Å². The Bertz CT molecular complexity index is 708. The minimum Gasteiger partial charge on any atom is -0.339 e. The van der Waals surface area contributed by atoms with Crippen LogP contribution in [-0.2, 0) is 6.54 Å². The number of hydrogen-bond donors (Lipinski definition) is 0. The van der Waals surface area contributed by atoms with Crippen LogP contribution in [0.25, 0.3) is 21.9 Å². The SMILES string of the molecule is CCn1c2cccnc2c2c(C(C)C)cccc21. The molecule has 0 bridgehead atoms. The van der Waals surface area contributed by atoms with Crippen molar-refractivity contribution in [2.24, 2.45) is 0 Å². The smallest absolute Gasteiger partial charge is 0.0962 e. The zero-order chi connectivity index (χ0) is 12.7. The fourth-order valence-corrected chi connectivity index (χ4v) is 2.80. The number of rotatable bonds is 2. The Kier molecular flexibility index (Phi) is 2.58. The van der Waals surface area contributed by atoms with Crippen LogP contribution in [0, 0.1) is 0 Å². The maximum absolute atomic E-state index is 4.60. The maximum atomic E-state index is 4.60. The van der Waals surface area contributed by atoms with Crippen LogP contribution in [0.4, 0.5) is 0 Å². The standard InChI is InChI=1S/C16H18N2/c1-4-18-13-8-5-7-12(11(2)3)15(13)16-14(18)9-6-10-17-16/h5-11H,4H2,1-3H3. The molecule has 0 saturated heterocycles. The van der Waals surface area contributed by atoms with Gasteiger partial charge in [-0.1, -0.05) is 26.0 Å². The molecule has 0 radical (unpaired) electrons. The third kappa shape index (κ3) is 1.45. The molecule has 3 aromatic rings. The van der Waals surface area contributed by atoms with Gasteiger partial charge in [0.25, 0.3) is 0 Å². The van der Waals surface area contributed by atoms with Gasteiger partial charge in [0.15, 0.2) is 0 Å². The van der Waals surface area contributed by atoms with Crippen molar-refractivity contribution in [1.82, 2.24) is 9.55 Å². The molecule has 18 heavy (non-hydrogen) atoms. The zero-order valence-corrected chi connectivity index (χ0v) is 11.1. The molecule has 0 amide bonds. The van der Waals surface area contributed by atoms with Crippen LogP contribution in [0.2, 0.25) is 0 Å². The van der Waals surface area contributed by atoms with Gasteiger partial charge < -0.3 is 4.57 Å². The summed E-state index contributed by atoms with van der Waals surface area (Å²) in [6.45, 7) is 7.65. The van der Waals surface area contributed by atoms with Crippen LogP contribution < -0.4 is 0 Å². The number of hydrogen-bond acceptors (Lipinski definition) is 1. The van der Waals surface area contributed by atoms with E-state index < -0.39 is 0 Å². The molecule has 2 heterocycles. The molecule has 0 aliphatic carbocycles. The summed E-state index contributed by atoms with van der Waals surface area (Å²) in [5.74, 6) is 0.520. The van der Waals surface area contributed by atoms with Gasteiger partial charge in [0, 0.05) is 18.1 Å². The topological polar surface area (TPSA) is 17.8 Å². The third-order valence-corrected chi connectivity index (χ3v) is 3.62. The fraction of sp³-hybridized carbons (Fsp3) is 0.312. The van der Waals surface area contributed by atoms with Crippen molar-refractivity contribution in [1.29, 1.82) is 0 Å². The van der Waals surface area contributed by atoms with E-state index in [9.17, 15) is 0 Å². The van der Waals surface area contributed by atoms with Crippen molar-refractivity contribution >= 4 is 21.9 Å². The highest BCUT2D eigenvalue weighted by Crippen LogP contribution is 2.33. The average Bonchev–Trinajstić information content (AvgIpc) is 2.72. The summed E-state index contributed by atoms with van der Waals surface area (Å²) >= 11 is 0. The lowest BCUT2D eigenvalue weighted by Gasteiger charge is -2.08. The summed E-state index contributed by atoms with van der Waals surface area (Å²) in [6, 6.07) is 10.8. The predicted octanol–water partition coefficient (Wildman–Crippen LogP) is 4.33. The van der Waals surface area contributed by atoms with Crippen LogP contribution in [0.3, 0.4) is 0 Å². The van der Waals surface area contributed by atoms with Crippen LogP contribution in [0.5, 0.6) is 0 Å². The number of benzene rings is 1. The fourth-order valence-electron chi connectivity index (χ4n) is 2.80. The molecule has 0 spiro atoms. The molecule has 0 fully saturated rings. The molecule has 0 unspecified atom stereocenters. The van der Waals surface area contributed by atoms with Crippen molar-refractivity contribution in [3.63, 3.8) is 0 Å². The first-order chi connectivity index (χ1) is 8.74. The summed E-state index contributed by atoms with van der Waals surface area (Å²) in [5.41, 5.74) is 5.07. The van der Waals surface area contributed by atoms with E-state index in [1.165, 1.54) is 22.0 Å². The summed E-state index contributed by atoms with van der Waals surface area (Å²) in [7, 11) is 0. The van der Waals surface area contributed by atoms with E-state index >= 15 is 0 Å². The Morgan fingerprint density at radius 2 is 1.89 bits per heavy atom. The Morgan fingerprint density at radius 1 is 1.11 bits per heavy atom. The quantitative estimate of drug-likeness (QED) is 0.649. The summed E-state index contributed by atoms with van der Waals surface area (Å²) in [4.78, 5) is 4.60. The van der Waals surface area contributed by atoms with Crippen molar-refractivity contribution in [2.45, 2.75) is 33.2 Å². The normalized spacial score (nSPS) is 11.8. The van der Waals surface area contributed by atoms with Gasteiger partial charge in [0.05, 0.1) is 16.6 Å². The molecule has 0 N–H and O–H groups in total. The number of pyridine rings is 1. The molecular formula is C16H18N2. The lowest BCUT2D eigenvalue weighted by Crippen LogP contribution is -1.93. The maximum Gasteiger partial charge on any atom is 0.0962 e. The lowest BCUT2D eigenvalue weighted by molar-refractivity contribution is 0.824. The van der Waals surface area contributed by atoms with Crippen molar-refractivity contribution in [3.05, 3.63) is 42.1 Å². The lowest BCUT2D eigenvalue weighted by atomic mass is 9.99.